The lowest BCUT2D eigenvalue weighted by molar-refractivity contribution is 0.582. The van der Waals surface area contributed by atoms with Gasteiger partial charge in [-0.3, -0.25) is 9.98 Å². The van der Waals surface area contributed by atoms with Gasteiger partial charge >= 0.3 is 0 Å². The number of pyridine rings is 1. The molecule has 0 aromatic carbocycles. The van der Waals surface area contributed by atoms with Crippen molar-refractivity contribution in [2.24, 2.45) is 10.9 Å². The number of nitrogens with zero attached hydrogens (tertiary/aromatic N) is 2. The first kappa shape index (κ1) is 9.79. The maximum absolute atomic E-state index is 6.25. The first-order valence-electron chi connectivity index (χ1n) is 5.30. The van der Waals surface area contributed by atoms with Gasteiger partial charge in [0.25, 0.3) is 0 Å². The van der Waals surface area contributed by atoms with Crippen molar-refractivity contribution in [2.75, 3.05) is 0 Å². The fraction of sp³-hybridized carbons (Fsp3) is 0.231. The Kier molecular flexibility index (Phi) is 2.18. The van der Waals surface area contributed by atoms with Crippen LogP contribution in [0.15, 0.2) is 40.5 Å². The Morgan fingerprint density at radius 1 is 1.38 bits per heavy atom. The standard InChI is InChI=1S/C13H11ClN2/c1-8-7-11(14)10-5-4-9-3-2-6-15-12(9)13(10)16-8/h2-7,10,13H,1H3. The van der Waals surface area contributed by atoms with Crippen LogP contribution in [-0.2, 0) is 0 Å². The lowest BCUT2D eigenvalue weighted by Gasteiger charge is -2.28. The fourth-order valence-electron chi connectivity index (χ4n) is 2.24. The van der Waals surface area contributed by atoms with Crippen LogP contribution in [0.3, 0.4) is 0 Å². The van der Waals surface area contributed by atoms with Crippen LogP contribution in [0.25, 0.3) is 6.08 Å². The second-order valence-electron chi connectivity index (χ2n) is 4.11. The SMILES string of the molecule is CC1=NC2c3ncccc3C=CC2C(Cl)=C1. The van der Waals surface area contributed by atoms with Gasteiger partial charge in [0.2, 0.25) is 0 Å². The van der Waals surface area contributed by atoms with Crippen LogP contribution in [-0.4, -0.2) is 10.7 Å². The van der Waals surface area contributed by atoms with Gasteiger partial charge in [0, 0.05) is 22.9 Å². The molecule has 0 saturated heterocycles. The highest BCUT2D eigenvalue weighted by molar-refractivity contribution is 6.32. The molecule has 1 aromatic heterocycles. The Bertz CT molecular complexity index is 528. The Morgan fingerprint density at radius 3 is 3.12 bits per heavy atom. The normalized spacial score (nSPS) is 26.6. The molecular weight excluding hydrogens is 220 g/mol. The Morgan fingerprint density at radius 2 is 2.25 bits per heavy atom. The van der Waals surface area contributed by atoms with Crippen molar-refractivity contribution in [1.29, 1.82) is 0 Å². The number of aliphatic imine (C=N–C) groups is 1. The van der Waals surface area contributed by atoms with Crippen LogP contribution in [0.1, 0.15) is 24.2 Å². The maximum Gasteiger partial charge on any atom is 0.104 e. The zero-order valence-electron chi connectivity index (χ0n) is 8.89. The molecule has 2 atom stereocenters. The summed E-state index contributed by atoms with van der Waals surface area (Å²) >= 11 is 6.25. The predicted octanol–water partition coefficient (Wildman–Crippen LogP) is 3.36. The topological polar surface area (TPSA) is 25.2 Å². The van der Waals surface area contributed by atoms with E-state index in [0.29, 0.717) is 0 Å². The van der Waals surface area contributed by atoms with E-state index in [1.807, 2.05) is 25.3 Å². The summed E-state index contributed by atoms with van der Waals surface area (Å²) in [7, 11) is 0. The Labute approximate surface area is 99.4 Å². The van der Waals surface area contributed by atoms with Crippen molar-refractivity contribution < 1.29 is 0 Å². The maximum atomic E-state index is 6.25. The molecule has 1 aromatic rings. The van der Waals surface area contributed by atoms with Gasteiger partial charge in [0.1, 0.15) is 6.04 Å². The van der Waals surface area contributed by atoms with Crippen LogP contribution in [0.4, 0.5) is 0 Å². The van der Waals surface area contributed by atoms with E-state index in [9.17, 15) is 0 Å². The average molecular weight is 231 g/mol. The van der Waals surface area contributed by atoms with Gasteiger partial charge in [0.15, 0.2) is 0 Å². The third-order valence-corrected chi connectivity index (χ3v) is 3.34. The number of halogens is 1. The van der Waals surface area contributed by atoms with Crippen molar-refractivity contribution in [2.45, 2.75) is 13.0 Å². The molecule has 2 heterocycles. The van der Waals surface area contributed by atoms with Crippen molar-refractivity contribution in [1.82, 2.24) is 4.98 Å². The van der Waals surface area contributed by atoms with E-state index in [1.54, 1.807) is 0 Å². The third-order valence-electron chi connectivity index (χ3n) is 2.98. The lowest BCUT2D eigenvalue weighted by atomic mass is 9.86. The van der Waals surface area contributed by atoms with Crippen molar-refractivity contribution in [3.8, 4) is 0 Å². The smallest absolute Gasteiger partial charge is 0.104 e. The number of hydrogen-bond donors (Lipinski definition) is 0. The summed E-state index contributed by atoms with van der Waals surface area (Å²) < 4.78 is 0. The van der Waals surface area contributed by atoms with Gasteiger partial charge in [-0.05, 0) is 24.6 Å². The summed E-state index contributed by atoms with van der Waals surface area (Å²) in [4.78, 5) is 9.07. The van der Waals surface area contributed by atoms with Gasteiger partial charge < -0.3 is 0 Å². The van der Waals surface area contributed by atoms with Gasteiger partial charge in [-0.1, -0.05) is 29.8 Å². The van der Waals surface area contributed by atoms with Crippen LogP contribution < -0.4 is 0 Å². The number of dihydropyridines is 1. The fourth-order valence-corrected chi connectivity index (χ4v) is 2.59. The number of aromatic nitrogens is 1. The molecular formula is C13H11ClN2. The quantitative estimate of drug-likeness (QED) is 0.671. The second-order valence-corrected chi connectivity index (χ2v) is 4.54. The summed E-state index contributed by atoms with van der Waals surface area (Å²) in [6.45, 7) is 1.97. The molecule has 2 aliphatic rings. The van der Waals surface area contributed by atoms with E-state index in [2.05, 4.69) is 28.2 Å². The second kappa shape index (κ2) is 3.56. The van der Waals surface area contributed by atoms with Gasteiger partial charge in [-0.2, -0.15) is 0 Å². The molecule has 16 heavy (non-hydrogen) atoms. The van der Waals surface area contributed by atoms with Gasteiger partial charge in [-0.15, -0.1) is 0 Å². The van der Waals surface area contributed by atoms with Crippen LogP contribution in [0.2, 0.25) is 0 Å². The molecule has 2 nitrogen and oxygen atoms in total. The number of rotatable bonds is 0. The van der Waals surface area contributed by atoms with Crippen LogP contribution in [0.5, 0.6) is 0 Å². The number of hydrogen-bond acceptors (Lipinski definition) is 2. The van der Waals surface area contributed by atoms with Crippen molar-refractivity contribution in [3.63, 3.8) is 0 Å². The minimum Gasteiger partial charge on any atom is -0.279 e. The molecule has 0 radical (unpaired) electrons. The van der Waals surface area contributed by atoms with E-state index in [1.165, 1.54) is 0 Å². The zero-order chi connectivity index (χ0) is 11.1. The van der Waals surface area contributed by atoms with E-state index in [4.69, 9.17) is 11.6 Å². The minimum atomic E-state index is 0.0544. The molecule has 0 fully saturated rings. The molecule has 80 valence electrons. The summed E-state index contributed by atoms with van der Waals surface area (Å²) in [5, 5.41) is 0.852. The average Bonchev–Trinajstić information content (AvgIpc) is 2.28. The predicted molar refractivity (Wildman–Crippen MR) is 66.5 cm³/mol. The molecule has 0 N–H and O–H groups in total. The first-order valence-corrected chi connectivity index (χ1v) is 5.68. The van der Waals surface area contributed by atoms with E-state index < -0.39 is 0 Å². The first-order chi connectivity index (χ1) is 7.75. The summed E-state index contributed by atoms with van der Waals surface area (Å²) in [5.74, 6) is 0.160. The highest BCUT2D eigenvalue weighted by atomic mass is 35.5. The highest BCUT2D eigenvalue weighted by Crippen LogP contribution is 2.41. The number of allylic oxidation sites excluding steroid dienone is 1. The minimum absolute atomic E-state index is 0.0544. The molecule has 1 aliphatic carbocycles. The summed E-state index contributed by atoms with van der Waals surface area (Å²) in [6.07, 6.45) is 7.94. The molecule has 0 amide bonds. The van der Waals surface area contributed by atoms with E-state index in [-0.39, 0.29) is 12.0 Å². The highest BCUT2D eigenvalue weighted by Gasteiger charge is 2.31. The number of fused-ring (bicyclic) bond motifs is 3. The molecule has 0 saturated carbocycles. The van der Waals surface area contributed by atoms with Gasteiger partial charge in [0.05, 0.1) is 5.69 Å². The largest absolute Gasteiger partial charge is 0.279 e. The summed E-state index contributed by atoms with van der Waals surface area (Å²) in [6, 6.07) is 4.06. The molecule has 3 heteroatoms. The molecule has 3 rings (SSSR count). The Hall–Kier alpha value is -1.41. The van der Waals surface area contributed by atoms with Crippen LogP contribution >= 0.6 is 11.6 Å². The molecule has 1 aliphatic heterocycles. The molecule has 0 bridgehead atoms. The third kappa shape index (κ3) is 1.41. The van der Waals surface area contributed by atoms with E-state index >= 15 is 0 Å². The monoisotopic (exact) mass is 230 g/mol. The van der Waals surface area contributed by atoms with E-state index in [0.717, 1.165) is 22.0 Å². The summed E-state index contributed by atoms with van der Waals surface area (Å²) in [5.41, 5.74) is 3.14. The van der Waals surface area contributed by atoms with Crippen LogP contribution in [0, 0.1) is 5.92 Å². The molecule has 0 spiro atoms. The molecule has 2 unspecified atom stereocenters. The zero-order valence-corrected chi connectivity index (χ0v) is 9.65. The van der Waals surface area contributed by atoms with Crippen molar-refractivity contribution >= 4 is 23.4 Å². The Balaban J connectivity index is 2.16. The lowest BCUT2D eigenvalue weighted by Crippen LogP contribution is -2.20. The van der Waals surface area contributed by atoms with Crippen molar-refractivity contribution in [3.05, 3.63) is 46.8 Å². The van der Waals surface area contributed by atoms with Gasteiger partial charge in [-0.25, -0.2) is 0 Å².